The van der Waals surface area contributed by atoms with Crippen molar-refractivity contribution in [3.63, 3.8) is 0 Å². The molecular weight excluding hydrogens is 461 g/mol. The van der Waals surface area contributed by atoms with Gasteiger partial charge >= 0.3 is 6.18 Å². The van der Waals surface area contributed by atoms with E-state index in [9.17, 15) is 31.5 Å². The highest BCUT2D eigenvalue weighted by Gasteiger charge is 2.32. The third-order valence-electron chi connectivity index (χ3n) is 5.15. The minimum Gasteiger partial charge on any atom is -0.352 e. The van der Waals surface area contributed by atoms with Crippen molar-refractivity contribution in [1.29, 1.82) is 0 Å². The fraction of sp³-hybridized carbons (Fsp3) is 0.364. The molecule has 0 spiro atoms. The molecule has 7 nitrogen and oxygen atoms in total. The van der Waals surface area contributed by atoms with E-state index in [-0.39, 0.29) is 36.4 Å². The molecule has 182 valence electrons. The lowest BCUT2D eigenvalue weighted by molar-refractivity contribution is -0.137. The van der Waals surface area contributed by atoms with Gasteiger partial charge in [-0.1, -0.05) is 19.1 Å². The number of aliphatic imine (C=N–C) groups is 1. The first-order chi connectivity index (χ1) is 16.0. The van der Waals surface area contributed by atoms with Gasteiger partial charge in [-0.2, -0.15) is 13.2 Å². The number of carbonyl (C=O) groups is 2. The van der Waals surface area contributed by atoms with Crippen LogP contribution in [0.1, 0.15) is 65.5 Å². The highest BCUT2D eigenvalue weighted by molar-refractivity contribution is 6.07. The van der Waals surface area contributed by atoms with Crippen molar-refractivity contribution in [3.05, 3.63) is 64.5 Å². The number of halogens is 5. The van der Waals surface area contributed by atoms with Crippen LogP contribution in [0.25, 0.3) is 0 Å². The van der Waals surface area contributed by atoms with Crippen LogP contribution in [0.15, 0.2) is 41.5 Å². The molecule has 2 unspecified atom stereocenters. The number of nitrogens with zero attached hydrogens (tertiary/aromatic N) is 2. The third kappa shape index (κ3) is 5.86. The minimum atomic E-state index is -4.47. The molecule has 2 atom stereocenters. The fourth-order valence-electron chi connectivity index (χ4n) is 3.36. The largest absolute Gasteiger partial charge is 0.416 e. The van der Waals surface area contributed by atoms with Crippen LogP contribution in [-0.4, -0.2) is 28.8 Å². The van der Waals surface area contributed by atoms with Crippen molar-refractivity contribution in [3.8, 4) is 0 Å². The SMILES string of the molecule is CCC(=O)NCc1cnc(C(F)F)c(C(=O)NC2=NC(c3ccc(C(F)(F)F)cc3)C(C)N2)c1. The monoisotopic (exact) mass is 483 g/mol. The Kier molecular flexibility index (Phi) is 7.48. The molecule has 1 aromatic carbocycles. The molecule has 34 heavy (non-hydrogen) atoms. The van der Waals surface area contributed by atoms with E-state index in [0.29, 0.717) is 11.1 Å². The molecule has 1 aliphatic heterocycles. The normalized spacial score (nSPS) is 17.8. The van der Waals surface area contributed by atoms with Gasteiger partial charge in [-0.25, -0.2) is 13.8 Å². The van der Waals surface area contributed by atoms with Crippen LogP contribution in [0.3, 0.4) is 0 Å². The number of benzene rings is 1. The number of nitrogens with one attached hydrogen (secondary N) is 3. The second kappa shape index (κ2) is 10.1. The molecule has 3 N–H and O–H groups in total. The standard InChI is InChI=1S/C22H22F5N5O2/c1-3-16(33)28-9-12-8-15(18(19(23)24)29-10-12)20(34)32-21-30-11(2)17(31-21)13-4-6-14(7-5-13)22(25,26)27/h4-8,10-11,17,19H,3,9H2,1-2H3,(H,28,33)(H2,30,31,32,34). The topological polar surface area (TPSA) is 95.5 Å². The summed E-state index contributed by atoms with van der Waals surface area (Å²) >= 11 is 0. The van der Waals surface area contributed by atoms with Crippen molar-refractivity contribution in [2.45, 2.75) is 51.5 Å². The number of aromatic nitrogens is 1. The Morgan fingerprint density at radius 1 is 1.18 bits per heavy atom. The van der Waals surface area contributed by atoms with E-state index in [4.69, 9.17) is 0 Å². The van der Waals surface area contributed by atoms with E-state index in [1.165, 1.54) is 18.2 Å². The molecule has 12 heteroatoms. The van der Waals surface area contributed by atoms with E-state index in [1.54, 1.807) is 13.8 Å². The number of amides is 2. The van der Waals surface area contributed by atoms with Crippen LogP contribution >= 0.6 is 0 Å². The Hall–Kier alpha value is -3.57. The van der Waals surface area contributed by atoms with Gasteiger partial charge in [-0.3, -0.25) is 19.9 Å². The van der Waals surface area contributed by atoms with Crippen LogP contribution in [0.2, 0.25) is 0 Å². The van der Waals surface area contributed by atoms with E-state index in [0.717, 1.165) is 18.3 Å². The molecule has 0 radical (unpaired) electrons. The van der Waals surface area contributed by atoms with Crippen molar-refractivity contribution in [2.75, 3.05) is 0 Å². The smallest absolute Gasteiger partial charge is 0.352 e. The molecular formula is C22H22F5N5O2. The summed E-state index contributed by atoms with van der Waals surface area (Å²) in [6, 6.07) is 4.72. The summed E-state index contributed by atoms with van der Waals surface area (Å²) in [5, 5.41) is 7.88. The molecule has 0 saturated heterocycles. The second-order valence-corrected chi connectivity index (χ2v) is 7.64. The van der Waals surface area contributed by atoms with Crippen molar-refractivity contribution >= 4 is 17.8 Å². The van der Waals surface area contributed by atoms with Gasteiger partial charge in [0.1, 0.15) is 5.69 Å². The second-order valence-electron chi connectivity index (χ2n) is 7.64. The fourth-order valence-corrected chi connectivity index (χ4v) is 3.36. The molecule has 2 heterocycles. The predicted molar refractivity (Wildman–Crippen MR) is 113 cm³/mol. The maximum absolute atomic E-state index is 13.4. The average molecular weight is 483 g/mol. The van der Waals surface area contributed by atoms with Crippen molar-refractivity contribution in [2.24, 2.45) is 4.99 Å². The highest BCUT2D eigenvalue weighted by Crippen LogP contribution is 2.32. The molecule has 0 fully saturated rings. The lowest BCUT2D eigenvalue weighted by atomic mass is 10.0. The third-order valence-corrected chi connectivity index (χ3v) is 5.15. The summed E-state index contributed by atoms with van der Waals surface area (Å²) in [5.74, 6) is -1.15. The Morgan fingerprint density at radius 3 is 2.44 bits per heavy atom. The summed E-state index contributed by atoms with van der Waals surface area (Å²) in [4.78, 5) is 32.2. The Bertz CT molecular complexity index is 1090. The van der Waals surface area contributed by atoms with E-state index >= 15 is 0 Å². The predicted octanol–water partition coefficient (Wildman–Crippen LogP) is 3.88. The average Bonchev–Trinajstić information content (AvgIpc) is 3.16. The number of hydrogen-bond acceptors (Lipinski definition) is 5. The summed E-state index contributed by atoms with van der Waals surface area (Å²) < 4.78 is 65.2. The molecule has 1 aromatic heterocycles. The van der Waals surface area contributed by atoms with Gasteiger partial charge in [0, 0.05) is 19.2 Å². The lowest BCUT2D eigenvalue weighted by Gasteiger charge is -2.15. The molecule has 1 aliphatic rings. The van der Waals surface area contributed by atoms with Crippen LogP contribution < -0.4 is 16.0 Å². The summed E-state index contributed by atoms with van der Waals surface area (Å²) in [6.07, 6.45) is -6.09. The maximum atomic E-state index is 13.4. The number of hydrogen-bond donors (Lipinski definition) is 3. The minimum absolute atomic E-state index is 0.00713. The zero-order valence-corrected chi connectivity index (χ0v) is 18.2. The van der Waals surface area contributed by atoms with Gasteiger partial charge in [0.2, 0.25) is 5.91 Å². The number of pyridine rings is 1. The Labute approximate surface area is 191 Å². The van der Waals surface area contributed by atoms with Gasteiger partial charge < -0.3 is 10.6 Å². The van der Waals surface area contributed by atoms with Gasteiger partial charge in [0.25, 0.3) is 12.3 Å². The number of rotatable bonds is 6. The quantitative estimate of drug-likeness (QED) is 0.544. The van der Waals surface area contributed by atoms with E-state index in [1.807, 2.05) is 0 Å². The van der Waals surface area contributed by atoms with Crippen molar-refractivity contribution < 1.29 is 31.5 Å². The van der Waals surface area contributed by atoms with Gasteiger partial charge in [0.15, 0.2) is 5.96 Å². The maximum Gasteiger partial charge on any atom is 0.416 e. The molecule has 3 rings (SSSR count). The molecule has 0 bridgehead atoms. The molecule has 2 aromatic rings. The summed E-state index contributed by atoms with van der Waals surface area (Å²) in [6.45, 7) is 3.38. The first kappa shape index (κ1) is 25.1. The van der Waals surface area contributed by atoms with Gasteiger partial charge in [0.05, 0.1) is 23.2 Å². The Morgan fingerprint density at radius 2 is 1.85 bits per heavy atom. The van der Waals surface area contributed by atoms with Crippen LogP contribution in [0.4, 0.5) is 22.0 Å². The Balaban J connectivity index is 1.78. The van der Waals surface area contributed by atoms with Gasteiger partial charge in [-0.05, 0) is 36.2 Å². The number of guanidine groups is 1. The first-order valence-electron chi connectivity index (χ1n) is 10.4. The van der Waals surface area contributed by atoms with Gasteiger partial charge in [-0.15, -0.1) is 0 Å². The number of carbonyl (C=O) groups excluding carboxylic acids is 2. The molecule has 2 amide bonds. The van der Waals surface area contributed by atoms with Crippen LogP contribution in [0, 0.1) is 0 Å². The molecule has 0 aliphatic carbocycles. The summed E-state index contributed by atoms with van der Waals surface area (Å²) in [5.41, 5.74) is -1.06. The summed E-state index contributed by atoms with van der Waals surface area (Å²) in [7, 11) is 0. The first-order valence-corrected chi connectivity index (χ1v) is 10.4. The lowest BCUT2D eigenvalue weighted by Crippen LogP contribution is -2.41. The number of alkyl halides is 5. The highest BCUT2D eigenvalue weighted by atomic mass is 19.4. The van der Waals surface area contributed by atoms with E-state index < -0.39 is 35.8 Å². The van der Waals surface area contributed by atoms with Crippen LogP contribution in [0.5, 0.6) is 0 Å². The molecule has 0 saturated carbocycles. The van der Waals surface area contributed by atoms with E-state index in [2.05, 4.69) is 25.9 Å². The van der Waals surface area contributed by atoms with Crippen LogP contribution in [-0.2, 0) is 17.5 Å². The zero-order chi connectivity index (χ0) is 25.0. The van der Waals surface area contributed by atoms with Crippen molar-refractivity contribution in [1.82, 2.24) is 20.9 Å². The zero-order valence-electron chi connectivity index (χ0n) is 18.2.